The molecular weight excluding hydrogens is 312 g/mol. The molecule has 2 aromatic rings. The van der Waals surface area contributed by atoms with Gasteiger partial charge < -0.3 is 14.6 Å². The van der Waals surface area contributed by atoms with Gasteiger partial charge in [0, 0.05) is 25.0 Å². The van der Waals surface area contributed by atoms with Gasteiger partial charge in [-0.25, -0.2) is 4.98 Å². The van der Waals surface area contributed by atoms with Gasteiger partial charge in [-0.3, -0.25) is 4.90 Å². The van der Waals surface area contributed by atoms with E-state index in [1.165, 1.54) is 0 Å². The average Bonchev–Trinajstić information content (AvgIpc) is 3.03. The summed E-state index contributed by atoms with van der Waals surface area (Å²) in [6.45, 7) is 3.22. The van der Waals surface area contributed by atoms with Crippen molar-refractivity contribution in [2.45, 2.75) is 32.1 Å². The van der Waals surface area contributed by atoms with Gasteiger partial charge >= 0.3 is 0 Å². The van der Waals surface area contributed by atoms with Crippen molar-refractivity contribution in [1.29, 1.82) is 0 Å². The number of aromatic nitrogens is 1. The first-order valence-corrected chi connectivity index (χ1v) is 8.71. The van der Waals surface area contributed by atoms with Crippen LogP contribution in [0.4, 0.5) is 0 Å². The molecule has 1 aromatic heterocycles. The highest BCUT2D eigenvalue weighted by Gasteiger charge is 2.17. The lowest BCUT2D eigenvalue weighted by molar-refractivity contribution is 0.0787. The summed E-state index contributed by atoms with van der Waals surface area (Å²) in [6, 6.07) is 7.56. The number of aliphatic hydroxyl groups excluding tert-OH is 1. The number of hydrogen-bond donors (Lipinski definition) is 1. The predicted octanol–water partition coefficient (Wildman–Crippen LogP) is 2.69. The summed E-state index contributed by atoms with van der Waals surface area (Å²) < 4.78 is 10.9. The molecule has 0 atom stereocenters. The smallest absolute Gasteiger partial charge is 0.140 e. The van der Waals surface area contributed by atoms with E-state index in [9.17, 15) is 5.11 Å². The Balaban J connectivity index is 1.48. The molecule has 0 radical (unpaired) electrons. The first-order chi connectivity index (χ1) is 11.2. The average molecular weight is 334 g/mol. The van der Waals surface area contributed by atoms with Crippen LogP contribution in [0.5, 0.6) is 11.5 Å². The molecule has 1 saturated heterocycles. The molecule has 0 bridgehead atoms. The molecule has 5 nitrogen and oxygen atoms in total. The molecular formula is C17H22N2O3S. The monoisotopic (exact) mass is 334 g/mol. The van der Waals surface area contributed by atoms with Gasteiger partial charge in [0.1, 0.15) is 23.1 Å². The molecule has 6 heteroatoms. The van der Waals surface area contributed by atoms with Crippen molar-refractivity contribution in [3.63, 3.8) is 0 Å². The molecule has 1 aromatic carbocycles. The quantitative estimate of drug-likeness (QED) is 0.880. The van der Waals surface area contributed by atoms with Gasteiger partial charge in [-0.15, -0.1) is 11.3 Å². The lowest BCUT2D eigenvalue weighted by Crippen LogP contribution is -2.35. The summed E-state index contributed by atoms with van der Waals surface area (Å²) in [6.07, 6.45) is 1.59. The van der Waals surface area contributed by atoms with E-state index >= 15 is 0 Å². The number of hydrogen-bond acceptors (Lipinski definition) is 6. The molecule has 1 aliphatic heterocycles. The second kappa shape index (κ2) is 7.77. The largest absolute Gasteiger partial charge is 0.497 e. The molecule has 1 fully saturated rings. The maximum Gasteiger partial charge on any atom is 0.140 e. The first kappa shape index (κ1) is 16.2. The van der Waals surface area contributed by atoms with Crippen molar-refractivity contribution < 1.29 is 14.6 Å². The van der Waals surface area contributed by atoms with Crippen LogP contribution in [0.3, 0.4) is 0 Å². The van der Waals surface area contributed by atoms with Crippen molar-refractivity contribution >= 4 is 11.3 Å². The maximum atomic E-state index is 9.54. The summed E-state index contributed by atoms with van der Waals surface area (Å²) >= 11 is 1.63. The van der Waals surface area contributed by atoms with E-state index in [0.29, 0.717) is 6.61 Å². The van der Waals surface area contributed by atoms with Crippen LogP contribution in [-0.2, 0) is 13.2 Å². The molecule has 1 N–H and O–H groups in total. The van der Waals surface area contributed by atoms with E-state index < -0.39 is 0 Å². The molecule has 0 spiro atoms. The fraction of sp³-hybridized carbons (Fsp3) is 0.471. The number of likely N-dealkylation sites (tertiary alicyclic amines) is 1. The van der Waals surface area contributed by atoms with Crippen molar-refractivity contribution in [2.75, 3.05) is 20.2 Å². The highest BCUT2D eigenvalue weighted by Crippen LogP contribution is 2.20. The van der Waals surface area contributed by atoms with Crippen molar-refractivity contribution in [2.24, 2.45) is 0 Å². The molecule has 23 heavy (non-hydrogen) atoms. The van der Waals surface area contributed by atoms with Crippen LogP contribution in [0.25, 0.3) is 0 Å². The number of benzene rings is 1. The number of piperidine rings is 1. The Morgan fingerprint density at radius 1 is 1.22 bits per heavy atom. The fourth-order valence-corrected chi connectivity index (χ4v) is 3.31. The fourth-order valence-electron chi connectivity index (χ4n) is 2.61. The van der Waals surface area contributed by atoms with E-state index in [1.807, 2.05) is 24.3 Å². The number of thiazole rings is 1. The number of aliphatic hydroxyl groups is 1. The van der Waals surface area contributed by atoms with Gasteiger partial charge in [-0.2, -0.15) is 0 Å². The Kier molecular flexibility index (Phi) is 5.48. The SMILES string of the molecule is COc1ccc(OCc2nc(CN3CCC(O)CC3)cs2)cc1. The minimum absolute atomic E-state index is 0.129. The molecule has 0 saturated carbocycles. The standard InChI is InChI=1S/C17H22N2O3S/c1-21-15-2-4-16(5-3-15)22-11-17-18-13(12-23-17)10-19-8-6-14(20)7-9-19/h2-5,12,14,20H,6-11H2,1H3. The van der Waals surface area contributed by atoms with Gasteiger partial charge in [0.2, 0.25) is 0 Å². The summed E-state index contributed by atoms with van der Waals surface area (Å²) in [7, 11) is 1.65. The van der Waals surface area contributed by atoms with Gasteiger partial charge in [0.05, 0.1) is 18.9 Å². The molecule has 3 rings (SSSR count). The van der Waals surface area contributed by atoms with E-state index in [1.54, 1.807) is 18.4 Å². The third-order valence-electron chi connectivity index (χ3n) is 3.96. The molecule has 0 aliphatic carbocycles. The highest BCUT2D eigenvalue weighted by atomic mass is 32.1. The Hall–Kier alpha value is -1.63. The van der Waals surface area contributed by atoms with Gasteiger partial charge in [-0.1, -0.05) is 0 Å². The second-order valence-corrected chi connectivity index (χ2v) is 6.65. The van der Waals surface area contributed by atoms with E-state index in [4.69, 9.17) is 9.47 Å². The lowest BCUT2D eigenvalue weighted by Gasteiger charge is -2.28. The summed E-state index contributed by atoms with van der Waals surface area (Å²) in [5.41, 5.74) is 1.08. The Bertz CT molecular complexity index is 607. The first-order valence-electron chi connectivity index (χ1n) is 7.83. The van der Waals surface area contributed by atoms with Crippen LogP contribution in [0, 0.1) is 0 Å². The van der Waals surface area contributed by atoms with Crippen molar-refractivity contribution in [3.05, 3.63) is 40.3 Å². The van der Waals surface area contributed by atoms with Crippen LogP contribution in [0.1, 0.15) is 23.5 Å². The molecule has 0 amide bonds. The predicted molar refractivity (Wildman–Crippen MR) is 90.0 cm³/mol. The highest BCUT2D eigenvalue weighted by molar-refractivity contribution is 7.09. The second-order valence-electron chi connectivity index (χ2n) is 5.70. The maximum absolute atomic E-state index is 9.54. The van der Waals surface area contributed by atoms with Crippen LogP contribution in [0.2, 0.25) is 0 Å². The van der Waals surface area contributed by atoms with Crippen LogP contribution < -0.4 is 9.47 Å². The van der Waals surface area contributed by atoms with Crippen molar-refractivity contribution in [3.8, 4) is 11.5 Å². The molecule has 2 heterocycles. The lowest BCUT2D eigenvalue weighted by atomic mass is 10.1. The minimum Gasteiger partial charge on any atom is -0.497 e. The Morgan fingerprint density at radius 2 is 1.91 bits per heavy atom. The summed E-state index contributed by atoms with van der Waals surface area (Å²) in [4.78, 5) is 6.98. The zero-order valence-electron chi connectivity index (χ0n) is 13.3. The number of methoxy groups -OCH3 is 1. The molecule has 124 valence electrons. The van der Waals surface area contributed by atoms with E-state index in [0.717, 1.165) is 54.7 Å². The minimum atomic E-state index is -0.129. The summed E-state index contributed by atoms with van der Waals surface area (Å²) in [5.74, 6) is 1.63. The third-order valence-corrected chi connectivity index (χ3v) is 4.83. The van der Waals surface area contributed by atoms with Crippen molar-refractivity contribution in [1.82, 2.24) is 9.88 Å². The number of rotatable bonds is 6. The number of nitrogens with zero attached hydrogens (tertiary/aromatic N) is 2. The zero-order chi connectivity index (χ0) is 16.1. The normalized spacial score (nSPS) is 16.4. The van der Waals surface area contributed by atoms with E-state index in [-0.39, 0.29) is 6.10 Å². The summed E-state index contributed by atoms with van der Waals surface area (Å²) in [5, 5.41) is 12.6. The van der Waals surface area contributed by atoms with Gasteiger partial charge in [0.15, 0.2) is 0 Å². The topological polar surface area (TPSA) is 54.8 Å². The number of ether oxygens (including phenoxy) is 2. The Morgan fingerprint density at radius 3 is 2.61 bits per heavy atom. The Labute approximate surface area is 140 Å². The third kappa shape index (κ3) is 4.67. The van der Waals surface area contributed by atoms with Gasteiger partial charge in [-0.05, 0) is 37.1 Å². The van der Waals surface area contributed by atoms with Crippen LogP contribution in [-0.4, -0.2) is 41.3 Å². The van der Waals surface area contributed by atoms with Crippen LogP contribution in [0.15, 0.2) is 29.6 Å². The molecule has 0 unspecified atom stereocenters. The van der Waals surface area contributed by atoms with E-state index in [2.05, 4.69) is 15.3 Å². The zero-order valence-corrected chi connectivity index (χ0v) is 14.1. The van der Waals surface area contributed by atoms with Gasteiger partial charge in [0.25, 0.3) is 0 Å². The van der Waals surface area contributed by atoms with Crippen LogP contribution >= 0.6 is 11.3 Å². The molecule has 1 aliphatic rings.